The van der Waals surface area contributed by atoms with E-state index in [1.165, 1.54) is 6.20 Å². The number of anilines is 3. The molecule has 3 heterocycles. The van der Waals surface area contributed by atoms with Crippen molar-refractivity contribution in [3.05, 3.63) is 113 Å². The molecule has 1 amide bonds. The van der Waals surface area contributed by atoms with Crippen molar-refractivity contribution in [1.29, 1.82) is 5.26 Å². The minimum atomic E-state index is -0.311. The van der Waals surface area contributed by atoms with Gasteiger partial charge in [0.1, 0.15) is 36.0 Å². The van der Waals surface area contributed by atoms with E-state index in [0.29, 0.717) is 68.8 Å². The van der Waals surface area contributed by atoms with Crippen LogP contribution in [-0.2, 0) is 11.3 Å². The maximum atomic E-state index is 13.2. The summed E-state index contributed by atoms with van der Waals surface area (Å²) in [4.78, 5) is 22.1. The Labute approximate surface area is 253 Å². The molecule has 2 aromatic heterocycles. The summed E-state index contributed by atoms with van der Waals surface area (Å²) in [6, 6.07) is 25.6. The smallest absolute Gasteiger partial charge is 0.255 e. The first-order valence-electron chi connectivity index (χ1n) is 13.6. The highest BCUT2D eigenvalue weighted by Crippen LogP contribution is 2.39. The van der Waals surface area contributed by atoms with Gasteiger partial charge in [-0.1, -0.05) is 35.9 Å². The highest BCUT2D eigenvalue weighted by Gasteiger charge is 2.23. The minimum Gasteiger partial charge on any atom is -0.486 e. The zero-order chi connectivity index (χ0) is 29.6. The quantitative estimate of drug-likeness (QED) is 0.190. The van der Waals surface area contributed by atoms with Crippen molar-refractivity contribution in [2.24, 2.45) is 0 Å². The van der Waals surface area contributed by atoms with Crippen LogP contribution in [0.1, 0.15) is 28.0 Å². The second-order valence-corrected chi connectivity index (χ2v) is 10.2. The van der Waals surface area contributed by atoms with E-state index in [1.54, 1.807) is 48.7 Å². The number of aromatic nitrogens is 2. The molecule has 1 atom stereocenters. The lowest BCUT2D eigenvalue weighted by Gasteiger charge is -2.19. The standard InChI is InChI=1S/C33H26ClN5O4/c34-27-16-23(9-11-28(27)42-19-24-8-4-5-14-36-24)38-30-22(17-35)18-37-31-26(30)10-12-29(43-25-13-15-41-20-25)32(31)39-33(40)21-6-2-1-3-7-21/h1-12,14,16,18,25H,13,15,19-20H2,(H,37,38)(H,39,40). The Hall–Kier alpha value is -5.17. The van der Waals surface area contributed by atoms with E-state index in [-0.39, 0.29) is 18.6 Å². The molecular formula is C33H26ClN5O4. The van der Waals surface area contributed by atoms with E-state index >= 15 is 0 Å². The lowest BCUT2D eigenvalue weighted by molar-refractivity contribution is 0.102. The lowest BCUT2D eigenvalue weighted by atomic mass is 10.1. The fraction of sp³-hybridized carbons (Fsp3) is 0.152. The number of pyridine rings is 2. The highest BCUT2D eigenvalue weighted by atomic mass is 35.5. The first kappa shape index (κ1) is 28.0. The lowest BCUT2D eigenvalue weighted by Crippen LogP contribution is -2.19. The summed E-state index contributed by atoms with van der Waals surface area (Å²) in [6.07, 6.45) is 3.76. The number of benzene rings is 3. The largest absolute Gasteiger partial charge is 0.486 e. The molecule has 1 fully saturated rings. The first-order chi connectivity index (χ1) is 21.1. The molecule has 0 spiro atoms. The Balaban J connectivity index is 1.34. The fourth-order valence-electron chi connectivity index (χ4n) is 4.72. The van der Waals surface area contributed by atoms with Gasteiger partial charge in [-0.25, -0.2) is 0 Å². The van der Waals surface area contributed by atoms with Crippen molar-refractivity contribution >= 4 is 45.5 Å². The Morgan fingerprint density at radius 2 is 1.86 bits per heavy atom. The minimum absolute atomic E-state index is 0.152. The number of hydrogen-bond acceptors (Lipinski definition) is 8. The average molecular weight is 592 g/mol. The molecule has 1 saturated heterocycles. The van der Waals surface area contributed by atoms with Gasteiger partial charge in [-0.05, 0) is 54.6 Å². The van der Waals surface area contributed by atoms with Crippen LogP contribution in [0.4, 0.5) is 17.1 Å². The van der Waals surface area contributed by atoms with Gasteiger partial charge in [0.05, 0.1) is 40.7 Å². The van der Waals surface area contributed by atoms with Crippen molar-refractivity contribution in [1.82, 2.24) is 9.97 Å². The van der Waals surface area contributed by atoms with Gasteiger partial charge in [0.25, 0.3) is 5.91 Å². The number of halogens is 1. The van der Waals surface area contributed by atoms with Gasteiger partial charge in [-0.3, -0.25) is 14.8 Å². The number of carbonyl (C=O) groups excluding carboxylic acids is 1. The Morgan fingerprint density at radius 3 is 2.60 bits per heavy atom. The van der Waals surface area contributed by atoms with Crippen molar-refractivity contribution < 1.29 is 19.0 Å². The summed E-state index contributed by atoms with van der Waals surface area (Å²) in [6.45, 7) is 1.34. The summed E-state index contributed by atoms with van der Waals surface area (Å²) in [5.74, 6) is 0.656. The van der Waals surface area contributed by atoms with Crippen LogP contribution in [0.2, 0.25) is 5.02 Å². The van der Waals surface area contributed by atoms with E-state index in [2.05, 4.69) is 26.7 Å². The van der Waals surface area contributed by atoms with Crippen molar-refractivity contribution in [2.45, 2.75) is 19.1 Å². The number of hydrogen-bond donors (Lipinski definition) is 2. The number of nitrogens with one attached hydrogen (secondary N) is 2. The van der Waals surface area contributed by atoms with E-state index in [0.717, 1.165) is 12.1 Å². The number of fused-ring (bicyclic) bond motifs is 1. The average Bonchev–Trinajstić information content (AvgIpc) is 3.56. The van der Waals surface area contributed by atoms with Crippen LogP contribution in [-0.4, -0.2) is 35.2 Å². The van der Waals surface area contributed by atoms with E-state index in [1.807, 2.05) is 36.4 Å². The van der Waals surface area contributed by atoms with Crippen molar-refractivity contribution in [2.75, 3.05) is 23.8 Å². The Morgan fingerprint density at radius 1 is 1.02 bits per heavy atom. The molecule has 1 aliphatic heterocycles. The fourth-order valence-corrected chi connectivity index (χ4v) is 4.96. The number of ether oxygens (including phenoxy) is 3. The molecule has 0 aliphatic carbocycles. The summed E-state index contributed by atoms with van der Waals surface area (Å²) < 4.78 is 17.6. The number of rotatable bonds is 9. The molecule has 10 heteroatoms. The molecule has 1 aliphatic rings. The Kier molecular flexibility index (Phi) is 8.31. The zero-order valence-electron chi connectivity index (χ0n) is 22.9. The molecule has 0 saturated carbocycles. The maximum Gasteiger partial charge on any atom is 0.255 e. The summed E-state index contributed by atoms with van der Waals surface area (Å²) >= 11 is 6.56. The van der Waals surface area contributed by atoms with Crippen LogP contribution in [0.3, 0.4) is 0 Å². The van der Waals surface area contributed by atoms with Gasteiger partial charge in [-0.15, -0.1) is 0 Å². The first-order valence-corrected chi connectivity index (χ1v) is 14.0. The molecule has 6 rings (SSSR count). The zero-order valence-corrected chi connectivity index (χ0v) is 23.7. The summed E-state index contributed by atoms with van der Waals surface area (Å²) in [7, 11) is 0. The molecule has 5 aromatic rings. The third-order valence-corrected chi connectivity index (χ3v) is 7.18. The van der Waals surface area contributed by atoms with E-state index in [9.17, 15) is 10.1 Å². The number of nitriles is 1. The third-order valence-electron chi connectivity index (χ3n) is 6.88. The SMILES string of the molecule is N#Cc1cnc2c(NC(=O)c3ccccc3)c(OC3CCOC3)ccc2c1Nc1ccc(OCc2ccccn2)c(Cl)c1. The van der Waals surface area contributed by atoms with Gasteiger partial charge in [0.2, 0.25) is 0 Å². The highest BCUT2D eigenvalue weighted by molar-refractivity contribution is 6.32. The summed E-state index contributed by atoms with van der Waals surface area (Å²) in [5.41, 5.74) is 3.60. The molecule has 0 radical (unpaired) electrons. The van der Waals surface area contributed by atoms with Crippen LogP contribution < -0.4 is 20.1 Å². The van der Waals surface area contributed by atoms with Crippen LogP contribution in [0, 0.1) is 11.3 Å². The monoisotopic (exact) mass is 591 g/mol. The molecule has 3 aromatic carbocycles. The van der Waals surface area contributed by atoms with E-state index < -0.39 is 0 Å². The second kappa shape index (κ2) is 12.8. The maximum absolute atomic E-state index is 13.2. The van der Waals surface area contributed by atoms with Crippen LogP contribution in [0.5, 0.6) is 11.5 Å². The molecule has 1 unspecified atom stereocenters. The normalized spacial score (nSPS) is 14.2. The molecule has 0 bridgehead atoms. The van der Waals surface area contributed by atoms with Gasteiger partial charge >= 0.3 is 0 Å². The van der Waals surface area contributed by atoms with E-state index in [4.69, 9.17) is 25.8 Å². The molecular weight excluding hydrogens is 566 g/mol. The van der Waals surface area contributed by atoms with Crippen molar-refractivity contribution in [3.8, 4) is 17.6 Å². The molecule has 214 valence electrons. The van der Waals surface area contributed by atoms with Gasteiger partial charge in [-0.2, -0.15) is 5.26 Å². The molecule has 2 N–H and O–H groups in total. The third kappa shape index (κ3) is 6.36. The summed E-state index contributed by atoms with van der Waals surface area (Å²) in [5, 5.41) is 17.3. The topological polar surface area (TPSA) is 118 Å². The van der Waals surface area contributed by atoms with Crippen molar-refractivity contribution in [3.63, 3.8) is 0 Å². The number of nitrogens with zero attached hydrogens (tertiary/aromatic N) is 3. The van der Waals surface area contributed by atoms with Crippen LogP contribution in [0.25, 0.3) is 10.9 Å². The Bertz CT molecular complexity index is 1810. The number of amides is 1. The predicted molar refractivity (Wildman–Crippen MR) is 164 cm³/mol. The molecule has 9 nitrogen and oxygen atoms in total. The van der Waals surface area contributed by atoms with Gasteiger partial charge in [0, 0.05) is 35.5 Å². The predicted octanol–water partition coefficient (Wildman–Crippen LogP) is 6.90. The van der Waals surface area contributed by atoms with Gasteiger partial charge in [0.15, 0.2) is 0 Å². The number of carbonyl (C=O) groups is 1. The molecule has 43 heavy (non-hydrogen) atoms. The second-order valence-electron chi connectivity index (χ2n) is 9.80. The van der Waals surface area contributed by atoms with Gasteiger partial charge < -0.3 is 24.8 Å². The van der Waals surface area contributed by atoms with Crippen LogP contribution in [0.15, 0.2) is 91.3 Å². The van der Waals surface area contributed by atoms with Crippen LogP contribution >= 0.6 is 11.6 Å².